The summed E-state index contributed by atoms with van der Waals surface area (Å²) in [6.45, 7) is 5.41. The average Bonchev–Trinajstić information content (AvgIpc) is 2.17. The molecule has 0 aliphatic rings. The van der Waals surface area contributed by atoms with Crippen molar-refractivity contribution in [3.05, 3.63) is 17.0 Å². The van der Waals surface area contributed by atoms with Gasteiger partial charge in [-0.15, -0.1) is 0 Å². The molecule has 60 valence electrons. The highest BCUT2D eigenvalue weighted by Crippen LogP contribution is 2.10. The van der Waals surface area contributed by atoms with Crippen LogP contribution in [-0.4, -0.2) is 15.6 Å². The van der Waals surface area contributed by atoms with Crippen LogP contribution in [0.1, 0.15) is 28.7 Å². The van der Waals surface area contributed by atoms with Crippen molar-refractivity contribution >= 4 is 5.78 Å². The van der Waals surface area contributed by atoms with Crippen molar-refractivity contribution in [3.63, 3.8) is 0 Å². The van der Waals surface area contributed by atoms with Crippen molar-refractivity contribution in [2.24, 2.45) is 7.05 Å². The molecule has 0 fully saturated rings. The topological polar surface area (TPSA) is 34.9 Å². The standard InChI is InChI=1S/C8H12N2O/c1-5-6(2)10(4)9-8(5)7(3)11/h1-4H3. The Bertz CT molecular complexity index is 299. The number of ketones is 1. The van der Waals surface area contributed by atoms with E-state index in [0.29, 0.717) is 5.69 Å². The van der Waals surface area contributed by atoms with E-state index >= 15 is 0 Å². The van der Waals surface area contributed by atoms with E-state index in [9.17, 15) is 4.79 Å². The van der Waals surface area contributed by atoms with Gasteiger partial charge in [0.25, 0.3) is 0 Å². The van der Waals surface area contributed by atoms with Gasteiger partial charge in [-0.2, -0.15) is 5.10 Å². The minimum atomic E-state index is 0.0335. The van der Waals surface area contributed by atoms with Crippen LogP contribution in [0.3, 0.4) is 0 Å². The molecule has 11 heavy (non-hydrogen) atoms. The number of aromatic nitrogens is 2. The van der Waals surface area contributed by atoms with Gasteiger partial charge in [0.2, 0.25) is 0 Å². The molecule has 0 aliphatic carbocycles. The van der Waals surface area contributed by atoms with Crippen LogP contribution in [-0.2, 0) is 7.05 Å². The van der Waals surface area contributed by atoms with E-state index in [1.807, 2.05) is 20.9 Å². The van der Waals surface area contributed by atoms with Gasteiger partial charge in [0.05, 0.1) is 0 Å². The first-order chi connectivity index (χ1) is 5.04. The van der Waals surface area contributed by atoms with Crippen molar-refractivity contribution in [2.45, 2.75) is 20.8 Å². The average molecular weight is 152 g/mol. The summed E-state index contributed by atoms with van der Waals surface area (Å²) in [6.07, 6.45) is 0. The summed E-state index contributed by atoms with van der Waals surface area (Å²) in [5.41, 5.74) is 2.63. The molecule has 0 atom stereocenters. The van der Waals surface area contributed by atoms with Crippen molar-refractivity contribution in [1.82, 2.24) is 9.78 Å². The molecule has 0 radical (unpaired) electrons. The van der Waals surface area contributed by atoms with Gasteiger partial charge in [-0.05, 0) is 13.8 Å². The minimum Gasteiger partial charge on any atom is -0.293 e. The Morgan fingerprint density at radius 3 is 2.18 bits per heavy atom. The van der Waals surface area contributed by atoms with Crippen LogP contribution < -0.4 is 0 Å². The molecule has 0 bridgehead atoms. The quantitative estimate of drug-likeness (QED) is 0.567. The van der Waals surface area contributed by atoms with Crippen LogP contribution in [0.2, 0.25) is 0 Å². The molecule has 0 aliphatic heterocycles. The van der Waals surface area contributed by atoms with Crippen LogP contribution in [0.15, 0.2) is 0 Å². The molecule has 1 aromatic rings. The fourth-order valence-corrected chi connectivity index (χ4v) is 1.05. The number of nitrogens with zero attached hydrogens (tertiary/aromatic N) is 2. The summed E-state index contributed by atoms with van der Waals surface area (Å²) in [4.78, 5) is 11.0. The lowest BCUT2D eigenvalue weighted by atomic mass is 10.2. The number of aryl methyl sites for hydroxylation is 1. The van der Waals surface area contributed by atoms with Crippen molar-refractivity contribution in [3.8, 4) is 0 Å². The minimum absolute atomic E-state index is 0.0335. The van der Waals surface area contributed by atoms with Crippen molar-refractivity contribution < 1.29 is 4.79 Å². The second kappa shape index (κ2) is 2.49. The van der Waals surface area contributed by atoms with Gasteiger partial charge in [0.1, 0.15) is 5.69 Å². The lowest BCUT2D eigenvalue weighted by molar-refractivity contribution is 0.101. The number of rotatable bonds is 1. The summed E-state index contributed by atoms with van der Waals surface area (Å²) < 4.78 is 1.73. The molecule has 1 aromatic heterocycles. The largest absolute Gasteiger partial charge is 0.293 e. The van der Waals surface area contributed by atoms with Crippen LogP contribution in [0, 0.1) is 13.8 Å². The summed E-state index contributed by atoms with van der Waals surface area (Å²) in [6, 6.07) is 0. The monoisotopic (exact) mass is 152 g/mol. The number of carbonyl (C=O) groups is 1. The van der Waals surface area contributed by atoms with Gasteiger partial charge in [-0.1, -0.05) is 0 Å². The fraction of sp³-hybridized carbons (Fsp3) is 0.500. The molecule has 0 spiro atoms. The molecule has 0 saturated heterocycles. The van der Waals surface area contributed by atoms with Crippen LogP contribution in [0.4, 0.5) is 0 Å². The maximum Gasteiger partial charge on any atom is 0.180 e. The predicted molar refractivity (Wildman–Crippen MR) is 42.7 cm³/mol. The smallest absolute Gasteiger partial charge is 0.180 e. The predicted octanol–water partition coefficient (Wildman–Crippen LogP) is 1.24. The molecule has 1 rings (SSSR count). The maximum absolute atomic E-state index is 11.0. The molecular formula is C8H12N2O. The van der Waals surface area contributed by atoms with E-state index in [4.69, 9.17) is 0 Å². The Balaban J connectivity index is 3.29. The molecule has 0 unspecified atom stereocenters. The first-order valence-corrected chi connectivity index (χ1v) is 3.55. The van der Waals surface area contributed by atoms with Gasteiger partial charge in [0.15, 0.2) is 5.78 Å². The number of Topliss-reactive ketones (excluding diaryl/α,β-unsaturated/α-hetero) is 1. The first kappa shape index (κ1) is 7.98. The molecule has 0 aromatic carbocycles. The van der Waals surface area contributed by atoms with Gasteiger partial charge in [-0.3, -0.25) is 9.48 Å². The highest BCUT2D eigenvalue weighted by molar-refractivity contribution is 5.93. The molecule has 1 heterocycles. The number of hydrogen-bond donors (Lipinski definition) is 0. The Morgan fingerprint density at radius 1 is 1.45 bits per heavy atom. The van der Waals surface area contributed by atoms with E-state index in [-0.39, 0.29) is 5.78 Å². The Labute approximate surface area is 66.0 Å². The van der Waals surface area contributed by atoms with E-state index in [0.717, 1.165) is 11.3 Å². The third-order valence-electron chi connectivity index (χ3n) is 1.97. The highest BCUT2D eigenvalue weighted by atomic mass is 16.1. The zero-order valence-electron chi connectivity index (χ0n) is 7.30. The van der Waals surface area contributed by atoms with Crippen LogP contribution >= 0.6 is 0 Å². The van der Waals surface area contributed by atoms with Crippen LogP contribution in [0.5, 0.6) is 0 Å². The molecule has 0 amide bonds. The summed E-state index contributed by atoms with van der Waals surface area (Å²) in [7, 11) is 1.84. The third-order valence-corrected chi connectivity index (χ3v) is 1.97. The third kappa shape index (κ3) is 1.18. The fourth-order valence-electron chi connectivity index (χ4n) is 1.05. The van der Waals surface area contributed by atoms with Crippen molar-refractivity contribution in [2.75, 3.05) is 0 Å². The summed E-state index contributed by atoms with van der Waals surface area (Å²) in [5.74, 6) is 0.0335. The SMILES string of the molecule is CC(=O)c1nn(C)c(C)c1C. The normalized spacial score (nSPS) is 10.2. The van der Waals surface area contributed by atoms with Gasteiger partial charge in [0, 0.05) is 25.2 Å². The Kier molecular flexibility index (Phi) is 1.81. The van der Waals surface area contributed by atoms with Crippen LogP contribution in [0.25, 0.3) is 0 Å². The summed E-state index contributed by atoms with van der Waals surface area (Å²) >= 11 is 0. The van der Waals surface area contributed by atoms with E-state index in [1.165, 1.54) is 6.92 Å². The zero-order valence-corrected chi connectivity index (χ0v) is 7.30. The number of carbonyl (C=O) groups excluding carboxylic acids is 1. The zero-order chi connectivity index (χ0) is 8.59. The number of hydrogen-bond acceptors (Lipinski definition) is 2. The van der Waals surface area contributed by atoms with E-state index in [2.05, 4.69) is 5.10 Å². The second-order valence-electron chi connectivity index (χ2n) is 2.74. The van der Waals surface area contributed by atoms with E-state index < -0.39 is 0 Å². The van der Waals surface area contributed by atoms with Crippen molar-refractivity contribution in [1.29, 1.82) is 0 Å². The lowest BCUT2D eigenvalue weighted by Gasteiger charge is -1.91. The Morgan fingerprint density at radius 2 is 2.00 bits per heavy atom. The molecule has 0 saturated carbocycles. The first-order valence-electron chi connectivity index (χ1n) is 3.55. The van der Waals surface area contributed by atoms with E-state index in [1.54, 1.807) is 4.68 Å². The lowest BCUT2D eigenvalue weighted by Crippen LogP contribution is -1.97. The molecule has 0 N–H and O–H groups in total. The Hall–Kier alpha value is -1.12. The highest BCUT2D eigenvalue weighted by Gasteiger charge is 2.11. The maximum atomic E-state index is 11.0. The second-order valence-corrected chi connectivity index (χ2v) is 2.74. The molecule has 3 heteroatoms. The molecule has 3 nitrogen and oxygen atoms in total. The van der Waals surface area contributed by atoms with Gasteiger partial charge >= 0.3 is 0 Å². The summed E-state index contributed by atoms with van der Waals surface area (Å²) in [5, 5.41) is 4.08. The molecular weight excluding hydrogens is 140 g/mol. The van der Waals surface area contributed by atoms with Gasteiger partial charge in [-0.25, -0.2) is 0 Å². The van der Waals surface area contributed by atoms with Gasteiger partial charge < -0.3 is 0 Å².